The second-order valence-electron chi connectivity index (χ2n) is 22.7. The van der Waals surface area contributed by atoms with Crippen molar-refractivity contribution < 1.29 is 28.6 Å². The van der Waals surface area contributed by atoms with Gasteiger partial charge in [-0.15, -0.1) is 0 Å². The van der Waals surface area contributed by atoms with E-state index in [0.717, 1.165) is 70.6 Å². The Balaban J connectivity index is 4.24. The van der Waals surface area contributed by atoms with Crippen molar-refractivity contribution in [3.8, 4) is 0 Å². The summed E-state index contributed by atoms with van der Waals surface area (Å²) >= 11 is 0. The number of carbonyl (C=O) groups is 3. The molecule has 0 heterocycles. The van der Waals surface area contributed by atoms with E-state index in [1.807, 2.05) is 0 Å². The van der Waals surface area contributed by atoms with Gasteiger partial charge in [-0.1, -0.05) is 288 Å². The highest BCUT2D eigenvalue weighted by atomic mass is 16.6. The zero-order valence-electron chi connectivity index (χ0n) is 51.0. The Labute approximate surface area is 473 Å². The molecule has 0 bridgehead atoms. The van der Waals surface area contributed by atoms with Gasteiger partial charge in [-0.3, -0.25) is 14.4 Å². The van der Waals surface area contributed by atoms with E-state index in [0.29, 0.717) is 19.3 Å². The molecule has 0 aromatic heterocycles. The number of hydrogen-bond acceptors (Lipinski definition) is 6. The molecule has 0 aliphatic carbocycles. The molecule has 6 nitrogen and oxygen atoms in total. The lowest BCUT2D eigenvalue weighted by molar-refractivity contribution is -0.167. The van der Waals surface area contributed by atoms with Crippen LogP contribution in [0.15, 0.2) is 48.6 Å². The molecule has 6 heteroatoms. The normalized spacial score (nSPS) is 12.3. The lowest BCUT2D eigenvalue weighted by atomic mass is 10.0. The van der Waals surface area contributed by atoms with E-state index < -0.39 is 6.10 Å². The van der Waals surface area contributed by atoms with Crippen molar-refractivity contribution in [2.75, 3.05) is 13.2 Å². The Morgan fingerprint density at radius 3 is 0.737 bits per heavy atom. The third-order valence-corrected chi connectivity index (χ3v) is 15.0. The maximum atomic E-state index is 12.9. The summed E-state index contributed by atoms with van der Waals surface area (Å²) in [4.78, 5) is 38.3. The molecule has 1 unspecified atom stereocenters. The van der Waals surface area contributed by atoms with Gasteiger partial charge in [-0.25, -0.2) is 0 Å². The van der Waals surface area contributed by atoms with Crippen LogP contribution >= 0.6 is 0 Å². The molecule has 1 atom stereocenters. The van der Waals surface area contributed by atoms with Crippen LogP contribution < -0.4 is 0 Å². The van der Waals surface area contributed by atoms with Crippen LogP contribution in [-0.2, 0) is 28.6 Å². The molecule has 0 aromatic rings. The van der Waals surface area contributed by atoms with E-state index >= 15 is 0 Å². The van der Waals surface area contributed by atoms with E-state index in [9.17, 15) is 14.4 Å². The fourth-order valence-corrected chi connectivity index (χ4v) is 9.94. The number of esters is 3. The fourth-order valence-electron chi connectivity index (χ4n) is 9.94. The first kappa shape index (κ1) is 73.4. The number of ether oxygens (including phenoxy) is 3. The van der Waals surface area contributed by atoms with Crippen molar-refractivity contribution in [3.63, 3.8) is 0 Å². The van der Waals surface area contributed by atoms with Gasteiger partial charge < -0.3 is 14.2 Å². The molecule has 0 aromatic carbocycles. The van der Waals surface area contributed by atoms with Crippen molar-refractivity contribution in [1.29, 1.82) is 0 Å². The van der Waals surface area contributed by atoms with E-state index in [-0.39, 0.29) is 31.1 Å². The maximum Gasteiger partial charge on any atom is 0.306 e. The highest BCUT2D eigenvalue weighted by Crippen LogP contribution is 2.17. The van der Waals surface area contributed by atoms with E-state index in [1.54, 1.807) is 0 Å². The number of unbranched alkanes of at least 4 members (excludes halogenated alkanes) is 43. The average Bonchev–Trinajstić information content (AvgIpc) is 3.42. The van der Waals surface area contributed by atoms with Crippen molar-refractivity contribution >= 4 is 17.9 Å². The van der Waals surface area contributed by atoms with Gasteiger partial charge >= 0.3 is 17.9 Å². The van der Waals surface area contributed by atoms with Crippen LogP contribution in [0.4, 0.5) is 0 Å². The molecule has 0 N–H and O–H groups in total. The number of rotatable bonds is 62. The van der Waals surface area contributed by atoms with Gasteiger partial charge in [0, 0.05) is 19.3 Å². The molecular weight excluding hydrogens is 937 g/mol. The van der Waals surface area contributed by atoms with E-state index in [4.69, 9.17) is 14.2 Å². The van der Waals surface area contributed by atoms with Crippen LogP contribution in [0.25, 0.3) is 0 Å². The first-order valence-corrected chi connectivity index (χ1v) is 33.6. The van der Waals surface area contributed by atoms with Crippen molar-refractivity contribution in [3.05, 3.63) is 48.6 Å². The zero-order valence-corrected chi connectivity index (χ0v) is 51.0. The molecule has 0 aliphatic rings. The third kappa shape index (κ3) is 62.2. The molecule has 76 heavy (non-hydrogen) atoms. The number of hydrogen-bond donors (Lipinski definition) is 0. The summed E-state index contributed by atoms with van der Waals surface area (Å²) in [5.41, 5.74) is 0. The molecule has 0 amide bonds. The van der Waals surface area contributed by atoms with Crippen LogP contribution in [0.2, 0.25) is 0 Å². The lowest BCUT2D eigenvalue weighted by Gasteiger charge is -2.18. The summed E-state index contributed by atoms with van der Waals surface area (Å²) in [5, 5.41) is 0. The summed E-state index contributed by atoms with van der Waals surface area (Å²) in [7, 11) is 0. The smallest absolute Gasteiger partial charge is 0.306 e. The second-order valence-corrected chi connectivity index (χ2v) is 22.7. The van der Waals surface area contributed by atoms with Gasteiger partial charge in [0.25, 0.3) is 0 Å². The Morgan fingerprint density at radius 1 is 0.263 bits per heavy atom. The zero-order chi connectivity index (χ0) is 55.0. The lowest BCUT2D eigenvalue weighted by Crippen LogP contribution is -2.30. The topological polar surface area (TPSA) is 78.9 Å². The molecule has 0 saturated carbocycles. The van der Waals surface area contributed by atoms with Crippen LogP contribution in [-0.4, -0.2) is 37.2 Å². The molecular formula is C70H128O6. The van der Waals surface area contributed by atoms with E-state index in [1.165, 1.54) is 250 Å². The van der Waals surface area contributed by atoms with Crippen LogP contribution in [0.5, 0.6) is 0 Å². The van der Waals surface area contributed by atoms with Gasteiger partial charge in [0.05, 0.1) is 0 Å². The van der Waals surface area contributed by atoms with Crippen molar-refractivity contribution in [2.45, 2.75) is 367 Å². The Kier molecular flexibility index (Phi) is 62.6. The highest BCUT2D eigenvalue weighted by molar-refractivity contribution is 5.71. The third-order valence-electron chi connectivity index (χ3n) is 15.0. The maximum absolute atomic E-state index is 12.9. The minimum atomic E-state index is -0.778. The van der Waals surface area contributed by atoms with Gasteiger partial charge in [-0.2, -0.15) is 0 Å². The van der Waals surface area contributed by atoms with Gasteiger partial charge in [0.1, 0.15) is 13.2 Å². The fraction of sp³-hybridized carbons (Fsp3) is 0.843. The molecule has 0 rings (SSSR count). The predicted molar refractivity (Wildman–Crippen MR) is 330 cm³/mol. The summed E-state index contributed by atoms with van der Waals surface area (Å²) in [6.45, 7) is 6.66. The summed E-state index contributed by atoms with van der Waals surface area (Å²) in [5.74, 6) is -0.866. The Bertz CT molecular complexity index is 1310. The average molecular weight is 1070 g/mol. The first-order chi connectivity index (χ1) is 37.5. The van der Waals surface area contributed by atoms with E-state index in [2.05, 4.69) is 69.4 Å². The minimum absolute atomic E-state index is 0.0744. The second kappa shape index (κ2) is 64.9. The van der Waals surface area contributed by atoms with Gasteiger partial charge in [-0.05, 0) is 103 Å². The molecule has 0 radical (unpaired) electrons. The summed E-state index contributed by atoms with van der Waals surface area (Å²) in [6, 6.07) is 0. The summed E-state index contributed by atoms with van der Waals surface area (Å²) < 4.78 is 16.9. The van der Waals surface area contributed by atoms with Gasteiger partial charge in [0.15, 0.2) is 6.10 Å². The monoisotopic (exact) mass is 1060 g/mol. The van der Waals surface area contributed by atoms with Crippen LogP contribution in [0.1, 0.15) is 361 Å². The largest absolute Gasteiger partial charge is 0.462 e. The van der Waals surface area contributed by atoms with Crippen molar-refractivity contribution in [2.24, 2.45) is 0 Å². The predicted octanol–water partition coefficient (Wildman–Crippen LogP) is 22.9. The van der Waals surface area contributed by atoms with Crippen LogP contribution in [0.3, 0.4) is 0 Å². The van der Waals surface area contributed by atoms with Crippen LogP contribution in [0, 0.1) is 0 Å². The molecule has 0 saturated heterocycles. The molecule has 0 aliphatic heterocycles. The minimum Gasteiger partial charge on any atom is -0.462 e. The number of allylic oxidation sites excluding steroid dienone is 8. The number of carbonyl (C=O) groups excluding carboxylic acids is 3. The Morgan fingerprint density at radius 2 is 0.474 bits per heavy atom. The molecule has 0 spiro atoms. The quantitative estimate of drug-likeness (QED) is 0.0261. The van der Waals surface area contributed by atoms with Crippen molar-refractivity contribution in [1.82, 2.24) is 0 Å². The Hall–Kier alpha value is -2.63. The molecule has 0 fully saturated rings. The van der Waals surface area contributed by atoms with Gasteiger partial charge in [0.2, 0.25) is 0 Å². The molecule has 444 valence electrons. The first-order valence-electron chi connectivity index (χ1n) is 33.6. The summed E-state index contributed by atoms with van der Waals surface area (Å²) in [6.07, 6.45) is 81.3. The highest BCUT2D eigenvalue weighted by Gasteiger charge is 2.19. The standard InChI is InChI=1S/C70H128O6/c1-4-7-10-13-16-19-22-25-28-30-31-32-33-34-35-36-37-38-39-41-42-45-48-51-54-57-60-63-69(72)75-66-67(65-74-68(71)62-59-56-53-50-47-44-27-24-21-18-15-12-9-6-3)76-70(73)64-61-58-55-52-49-46-43-40-29-26-23-20-17-14-11-8-5-2/h22,24-27,29-31,67H,4-21,23,28,32-66H2,1-3H3/b25-22-,27-24-,29-26-,31-30-. The SMILES string of the molecule is CCCCCCC/C=C\C/C=C\CCCCCCCCCCCCCCCCCC(=O)OCC(COC(=O)CCCCCCC/C=C\CCCCCCC)OC(=O)CCCCCCCCC/C=C\CCCCCCCC.